The van der Waals surface area contributed by atoms with Crippen molar-refractivity contribution in [3.05, 3.63) is 135 Å². The predicted octanol–water partition coefficient (Wildman–Crippen LogP) is 6.67. The van der Waals surface area contributed by atoms with Crippen molar-refractivity contribution in [1.29, 1.82) is 0 Å². The van der Waals surface area contributed by atoms with Crippen molar-refractivity contribution in [3.8, 4) is 0 Å². The van der Waals surface area contributed by atoms with Crippen LogP contribution < -0.4 is 5.32 Å². The molecule has 46 heavy (non-hydrogen) atoms. The fourth-order valence-electron chi connectivity index (χ4n) is 5.55. The second-order valence-corrected chi connectivity index (χ2v) is 14.3. The first-order chi connectivity index (χ1) is 22.2. The van der Waals surface area contributed by atoms with E-state index in [1.807, 2.05) is 54.6 Å². The molecule has 4 aromatic rings. The van der Waals surface area contributed by atoms with Crippen LogP contribution in [0.1, 0.15) is 41.5 Å². The third-order valence-corrected chi connectivity index (χ3v) is 10.6. The summed E-state index contributed by atoms with van der Waals surface area (Å²) in [5, 5.41) is 4.22. The number of nitrogens with zero attached hydrogens (tertiary/aromatic N) is 2. The summed E-state index contributed by atoms with van der Waals surface area (Å²) < 4.78 is 27.4. The fraction of sp³-hybridized carbons (Fsp3) is 0.278. The molecular formula is C36H37Cl2N3O4S. The maximum Gasteiger partial charge on any atom is 0.243 e. The Hall–Kier alpha value is -3.69. The molecule has 10 heteroatoms. The molecule has 0 unspecified atom stereocenters. The lowest BCUT2D eigenvalue weighted by Gasteiger charge is -2.32. The van der Waals surface area contributed by atoms with E-state index in [2.05, 4.69) is 5.32 Å². The zero-order valence-corrected chi connectivity index (χ0v) is 27.8. The van der Waals surface area contributed by atoms with E-state index in [9.17, 15) is 18.0 Å². The van der Waals surface area contributed by atoms with Crippen LogP contribution in [0.25, 0.3) is 0 Å². The standard InChI is InChI=1S/C36H37Cl2N3O4S/c37-31-15-8-29(9-16-31)25-39-36(43)34(24-28-6-2-1-3-7-28)41(26-30-10-17-32(38)18-11-30)35(42)21-14-27-12-19-33(20-13-27)46(44,45)40-22-4-5-23-40/h1-3,6-13,15-20,34H,4-5,14,21-26H2,(H,39,43)/t34-/m0/s1. The van der Waals surface area contributed by atoms with E-state index < -0.39 is 16.1 Å². The summed E-state index contributed by atoms with van der Waals surface area (Å²) in [6, 6.07) is 30.1. The third-order valence-electron chi connectivity index (χ3n) is 8.17. The first-order valence-corrected chi connectivity index (χ1v) is 17.6. The van der Waals surface area contributed by atoms with Crippen LogP contribution >= 0.6 is 23.2 Å². The molecule has 240 valence electrons. The van der Waals surface area contributed by atoms with Crippen molar-refractivity contribution in [3.63, 3.8) is 0 Å². The minimum absolute atomic E-state index is 0.140. The molecule has 5 rings (SSSR count). The van der Waals surface area contributed by atoms with Gasteiger partial charge in [0.05, 0.1) is 4.90 Å². The number of rotatable bonds is 13. The van der Waals surface area contributed by atoms with Gasteiger partial charge in [-0.3, -0.25) is 9.59 Å². The van der Waals surface area contributed by atoms with E-state index >= 15 is 0 Å². The molecule has 0 bridgehead atoms. The Bertz CT molecular complexity index is 1710. The lowest BCUT2D eigenvalue weighted by molar-refractivity contribution is -0.141. The monoisotopic (exact) mass is 677 g/mol. The number of hydrogen-bond donors (Lipinski definition) is 1. The zero-order valence-electron chi connectivity index (χ0n) is 25.4. The van der Waals surface area contributed by atoms with E-state index in [4.69, 9.17) is 23.2 Å². The van der Waals surface area contributed by atoms with Gasteiger partial charge in [-0.2, -0.15) is 4.31 Å². The Morgan fingerprint density at radius 3 is 1.91 bits per heavy atom. The smallest absolute Gasteiger partial charge is 0.243 e. The van der Waals surface area contributed by atoms with Crippen LogP contribution in [0.3, 0.4) is 0 Å². The molecule has 1 heterocycles. The summed E-state index contributed by atoms with van der Waals surface area (Å²) in [6.45, 7) is 1.59. The molecule has 0 aromatic heterocycles. The average Bonchev–Trinajstić information content (AvgIpc) is 3.63. The highest BCUT2D eigenvalue weighted by atomic mass is 35.5. The molecule has 1 aliphatic heterocycles. The number of halogens is 2. The highest BCUT2D eigenvalue weighted by molar-refractivity contribution is 7.89. The summed E-state index contributed by atoms with van der Waals surface area (Å²) in [5.41, 5.74) is 3.50. The zero-order chi connectivity index (χ0) is 32.5. The average molecular weight is 679 g/mol. The normalized spacial score (nSPS) is 14.1. The largest absolute Gasteiger partial charge is 0.350 e. The van der Waals surface area contributed by atoms with E-state index in [0.717, 1.165) is 35.1 Å². The molecule has 7 nitrogen and oxygen atoms in total. The summed E-state index contributed by atoms with van der Waals surface area (Å²) in [4.78, 5) is 29.8. The van der Waals surface area contributed by atoms with Crippen LogP contribution in [0.2, 0.25) is 10.0 Å². The van der Waals surface area contributed by atoms with Crippen molar-refractivity contribution in [2.24, 2.45) is 0 Å². The van der Waals surface area contributed by atoms with Gasteiger partial charge in [0.1, 0.15) is 6.04 Å². The van der Waals surface area contributed by atoms with E-state index in [1.165, 1.54) is 4.31 Å². The number of sulfonamides is 1. The Morgan fingerprint density at radius 2 is 1.30 bits per heavy atom. The maximum atomic E-state index is 14.0. The molecule has 1 saturated heterocycles. The van der Waals surface area contributed by atoms with Crippen LogP contribution in [-0.2, 0) is 45.5 Å². The predicted molar refractivity (Wildman–Crippen MR) is 182 cm³/mol. The van der Waals surface area contributed by atoms with E-state index in [1.54, 1.807) is 53.4 Å². The Labute approximate surface area is 281 Å². The second kappa shape index (κ2) is 15.7. The first-order valence-electron chi connectivity index (χ1n) is 15.4. The number of carbonyl (C=O) groups excluding carboxylic acids is 2. The quantitative estimate of drug-likeness (QED) is 0.171. The van der Waals surface area contributed by atoms with E-state index in [-0.39, 0.29) is 36.2 Å². The number of carbonyl (C=O) groups is 2. The molecule has 4 aromatic carbocycles. The molecule has 1 fully saturated rings. The van der Waals surface area contributed by atoms with Crippen molar-refractivity contribution in [2.45, 2.75) is 56.1 Å². The van der Waals surface area contributed by atoms with Crippen LogP contribution in [0, 0.1) is 0 Å². The van der Waals surface area contributed by atoms with Crippen molar-refractivity contribution in [2.75, 3.05) is 13.1 Å². The van der Waals surface area contributed by atoms with Crippen molar-refractivity contribution in [1.82, 2.24) is 14.5 Å². The molecule has 1 atom stereocenters. The van der Waals surface area contributed by atoms with Crippen molar-refractivity contribution < 1.29 is 18.0 Å². The SMILES string of the molecule is O=C(NCc1ccc(Cl)cc1)[C@H](Cc1ccccc1)N(Cc1ccc(Cl)cc1)C(=O)CCc1ccc(S(=O)(=O)N2CCCC2)cc1. The topological polar surface area (TPSA) is 86.8 Å². The van der Waals surface area contributed by atoms with Crippen LogP contribution in [0.5, 0.6) is 0 Å². The fourth-order valence-corrected chi connectivity index (χ4v) is 7.32. The number of amides is 2. The van der Waals surface area contributed by atoms with E-state index in [0.29, 0.717) is 36.0 Å². The number of nitrogens with one attached hydrogen (secondary N) is 1. The van der Waals surface area contributed by atoms with Gasteiger partial charge in [0.25, 0.3) is 0 Å². The van der Waals surface area contributed by atoms with Crippen LogP contribution in [-0.4, -0.2) is 48.6 Å². The Balaban J connectivity index is 1.36. The summed E-state index contributed by atoms with van der Waals surface area (Å²) in [7, 11) is -3.52. The molecule has 0 radical (unpaired) electrons. The van der Waals surface area contributed by atoms with Gasteiger partial charge in [-0.1, -0.05) is 89.9 Å². The van der Waals surface area contributed by atoms with Gasteiger partial charge in [0, 0.05) is 49.1 Å². The third kappa shape index (κ3) is 8.97. The molecule has 0 saturated carbocycles. The second-order valence-electron chi connectivity index (χ2n) is 11.5. The van der Waals surface area contributed by atoms with Gasteiger partial charge < -0.3 is 10.2 Å². The minimum Gasteiger partial charge on any atom is -0.350 e. The molecule has 2 amide bonds. The molecule has 1 aliphatic rings. The maximum absolute atomic E-state index is 14.0. The number of hydrogen-bond acceptors (Lipinski definition) is 4. The van der Waals surface area contributed by atoms with Crippen molar-refractivity contribution >= 4 is 45.0 Å². The minimum atomic E-state index is -3.52. The summed E-state index contributed by atoms with van der Waals surface area (Å²) >= 11 is 12.2. The van der Waals surface area contributed by atoms with Crippen LogP contribution in [0.15, 0.2) is 108 Å². The molecular weight excluding hydrogens is 641 g/mol. The van der Waals surface area contributed by atoms with Gasteiger partial charge >= 0.3 is 0 Å². The van der Waals surface area contributed by atoms with Crippen LogP contribution in [0.4, 0.5) is 0 Å². The Morgan fingerprint density at radius 1 is 0.739 bits per heavy atom. The first kappa shape index (κ1) is 33.7. The van der Waals surface area contributed by atoms with Gasteiger partial charge in [0.15, 0.2) is 0 Å². The highest BCUT2D eigenvalue weighted by Crippen LogP contribution is 2.23. The van der Waals surface area contributed by atoms with Gasteiger partial charge in [-0.25, -0.2) is 8.42 Å². The lowest BCUT2D eigenvalue weighted by Crippen LogP contribution is -2.50. The van der Waals surface area contributed by atoms with Gasteiger partial charge in [-0.05, 0) is 77.9 Å². The van der Waals surface area contributed by atoms with Gasteiger partial charge in [0.2, 0.25) is 21.8 Å². The number of aryl methyl sites for hydroxylation is 1. The molecule has 1 N–H and O–H groups in total. The molecule has 0 spiro atoms. The molecule has 0 aliphatic carbocycles. The summed E-state index contributed by atoms with van der Waals surface area (Å²) in [6.07, 6.45) is 2.61. The van der Waals surface area contributed by atoms with Gasteiger partial charge in [-0.15, -0.1) is 0 Å². The summed E-state index contributed by atoms with van der Waals surface area (Å²) in [5.74, 6) is -0.455. The Kier molecular flexibility index (Phi) is 11.5. The highest BCUT2D eigenvalue weighted by Gasteiger charge is 2.31. The number of benzene rings is 4. The lowest BCUT2D eigenvalue weighted by atomic mass is 10.0.